The normalized spacial score (nSPS) is 19.3. The largest absolute Gasteiger partial charge is 0.495 e. The zero-order valence-corrected chi connectivity index (χ0v) is 19.2. The summed E-state index contributed by atoms with van der Waals surface area (Å²) in [6.07, 6.45) is 2.23. The molecular weight excluding hydrogens is 432 g/mol. The SMILES string of the molecule is COc1cc2c(cc1Nc1ncc(C(N)=O)c(N[C@@H]3c4ccccc4C[C@H]3O)n1)CN(C)CC2. The van der Waals surface area contributed by atoms with Crippen LogP contribution in [0.25, 0.3) is 0 Å². The van der Waals surface area contributed by atoms with E-state index in [4.69, 9.17) is 10.5 Å². The third-order valence-corrected chi connectivity index (χ3v) is 6.52. The highest BCUT2D eigenvalue weighted by molar-refractivity contribution is 5.97. The highest BCUT2D eigenvalue weighted by Crippen LogP contribution is 2.36. The zero-order chi connectivity index (χ0) is 23.8. The number of carbonyl (C=O) groups excluding carboxylic acids is 1. The Hall–Kier alpha value is -3.69. The summed E-state index contributed by atoms with van der Waals surface area (Å²) < 4.78 is 5.61. The molecule has 0 fully saturated rings. The number of rotatable bonds is 6. The first-order chi connectivity index (χ1) is 16.4. The number of aliphatic hydroxyl groups excluding tert-OH is 1. The molecule has 2 aliphatic rings. The van der Waals surface area contributed by atoms with E-state index in [1.807, 2.05) is 30.3 Å². The maximum atomic E-state index is 12.1. The second-order valence-electron chi connectivity index (χ2n) is 8.85. The number of amides is 1. The van der Waals surface area contributed by atoms with Gasteiger partial charge in [-0.2, -0.15) is 4.98 Å². The van der Waals surface area contributed by atoms with Gasteiger partial charge in [0.2, 0.25) is 5.95 Å². The summed E-state index contributed by atoms with van der Waals surface area (Å²) in [6, 6.07) is 11.5. The maximum absolute atomic E-state index is 12.1. The second kappa shape index (κ2) is 8.92. The van der Waals surface area contributed by atoms with Gasteiger partial charge in [-0.05, 0) is 47.9 Å². The number of benzene rings is 2. The third kappa shape index (κ3) is 4.15. The van der Waals surface area contributed by atoms with Crippen LogP contribution in [-0.2, 0) is 19.4 Å². The van der Waals surface area contributed by atoms with E-state index in [0.29, 0.717) is 12.2 Å². The Labute approximate surface area is 198 Å². The van der Waals surface area contributed by atoms with Crippen LogP contribution in [0.5, 0.6) is 5.75 Å². The van der Waals surface area contributed by atoms with Crippen LogP contribution in [0, 0.1) is 0 Å². The fourth-order valence-corrected chi connectivity index (χ4v) is 4.74. The van der Waals surface area contributed by atoms with Crippen LogP contribution in [0.2, 0.25) is 0 Å². The van der Waals surface area contributed by atoms with Crippen LogP contribution in [0.15, 0.2) is 42.6 Å². The Bertz CT molecular complexity index is 1250. The Morgan fingerprint density at radius 1 is 1.24 bits per heavy atom. The number of likely N-dealkylation sites (N-methyl/N-ethyl adjacent to an activating group) is 1. The summed E-state index contributed by atoms with van der Waals surface area (Å²) >= 11 is 0. The van der Waals surface area contributed by atoms with Gasteiger partial charge >= 0.3 is 0 Å². The van der Waals surface area contributed by atoms with Crippen molar-refractivity contribution in [3.8, 4) is 5.75 Å². The molecule has 2 aromatic carbocycles. The molecule has 0 bridgehead atoms. The summed E-state index contributed by atoms with van der Waals surface area (Å²) in [4.78, 5) is 23.2. The van der Waals surface area contributed by atoms with Gasteiger partial charge in [0.15, 0.2) is 0 Å². The van der Waals surface area contributed by atoms with Gasteiger partial charge in [0.05, 0.1) is 30.5 Å². The summed E-state index contributed by atoms with van der Waals surface area (Å²) in [5.41, 5.74) is 11.0. The van der Waals surface area contributed by atoms with Gasteiger partial charge < -0.3 is 31.1 Å². The lowest BCUT2D eigenvalue weighted by Gasteiger charge is -2.26. The number of fused-ring (bicyclic) bond motifs is 2. The molecule has 0 radical (unpaired) electrons. The summed E-state index contributed by atoms with van der Waals surface area (Å²) in [6.45, 7) is 1.85. The molecule has 1 amide bonds. The molecule has 176 valence electrons. The number of anilines is 3. The first-order valence-electron chi connectivity index (χ1n) is 11.3. The fraction of sp³-hybridized carbons (Fsp3) is 0.320. The number of hydrogen-bond acceptors (Lipinski definition) is 8. The molecule has 9 heteroatoms. The highest BCUT2D eigenvalue weighted by Gasteiger charge is 2.32. The van der Waals surface area contributed by atoms with Crippen LogP contribution >= 0.6 is 0 Å². The minimum absolute atomic E-state index is 0.154. The molecule has 1 aliphatic carbocycles. The summed E-state index contributed by atoms with van der Waals surface area (Å²) in [7, 11) is 3.73. The predicted octanol–water partition coefficient (Wildman–Crippen LogP) is 2.39. The van der Waals surface area contributed by atoms with E-state index in [2.05, 4.69) is 38.6 Å². The number of aromatic nitrogens is 2. The molecule has 34 heavy (non-hydrogen) atoms. The highest BCUT2D eigenvalue weighted by atomic mass is 16.5. The van der Waals surface area contributed by atoms with Crippen molar-refractivity contribution in [3.05, 3.63) is 70.4 Å². The molecule has 2 heterocycles. The Balaban J connectivity index is 1.47. The standard InChI is InChI=1S/C25H28N6O3/c1-31-8-7-14-11-21(34-2)19(9-16(14)13-31)28-25-27-12-18(23(26)33)24(30-25)29-22-17-6-4-3-5-15(17)10-20(22)32/h3-6,9,11-12,20,22,32H,7-8,10,13H2,1-2H3,(H2,26,33)(H2,27,28,29,30)/t20-,22-/m1/s1. The van der Waals surface area contributed by atoms with E-state index in [1.165, 1.54) is 17.3 Å². The molecular formula is C25H28N6O3. The Kier molecular flexibility index (Phi) is 5.80. The molecule has 1 aliphatic heterocycles. The van der Waals surface area contributed by atoms with Gasteiger partial charge in [-0.15, -0.1) is 0 Å². The monoisotopic (exact) mass is 460 g/mol. The van der Waals surface area contributed by atoms with Crippen molar-refractivity contribution in [3.63, 3.8) is 0 Å². The molecule has 0 spiro atoms. The first-order valence-corrected chi connectivity index (χ1v) is 11.3. The molecule has 0 unspecified atom stereocenters. The van der Waals surface area contributed by atoms with Gasteiger partial charge in [0.25, 0.3) is 5.91 Å². The number of nitrogens with one attached hydrogen (secondary N) is 2. The van der Waals surface area contributed by atoms with E-state index in [-0.39, 0.29) is 17.3 Å². The molecule has 5 N–H and O–H groups in total. The lowest BCUT2D eigenvalue weighted by atomic mass is 9.99. The number of carbonyl (C=O) groups is 1. The molecule has 0 saturated heterocycles. The van der Waals surface area contributed by atoms with Crippen molar-refractivity contribution in [2.45, 2.75) is 31.5 Å². The van der Waals surface area contributed by atoms with E-state index in [0.717, 1.165) is 36.3 Å². The number of nitrogens with two attached hydrogens (primary N) is 1. The minimum Gasteiger partial charge on any atom is -0.495 e. The zero-order valence-electron chi connectivity index (χ0n) is 19.2. The van der Waals surface area contributed by atoms with Crippen LogP contribution < -0.4 is 21.1 Å². The fourth-order valence-electron chi connectivity index (χ4n) is 4.74. The number of primary amides is 1. The quantitative estimate of drug-likeness (QED) is 0.442. The van der Waals surface area contributed by atoms with Crippen molar-refractivity contribution < 1.29 is 14.6 Å². The van der Waals surface area contributed by atoms with Gasteiger partial charge in [-0.1, -0.05) is 24.3 Å². The summed E-state index contributed by atoms with van der Waals surface area (Å²) in [5, 5.41) is 17.1. The smallest absolute Gasteiger partial charge is 0.254 e. The molecule has 5 rings (SSSR count). The minimum atomic E-state index is -0.651. The average molecular weight is 461 g/mol. The van der Waals surface area contributed by atoms with Gasteiger partial charge in [-0.3, -0.25) is 4.79 Å². The number of ether oxygens (including phenoxy) is 1. The van der Waals surface area contributed by atoms with Crippen LogP contribution in [0.1, 0.15) is 38.7 Å². The number of nitrogens with zero attached hydrogens (tertiary/aromatic N) is 3. The molecule has 9 nitrogen and oxygen atoms in total. The van der Waals surface area contributed by atoms with Crippen LogP contribution in [-0.4, -0.2) is 52.7 Å². The van der Waals surface area contributed by atoms with Crippen LogP contribution in [0.3, 0.4) is 0 Å². The number of hydrogen-bond donors (Lipinski definition) is 4. The maximum Gasteiger partial charge on any atom is 0.254 e. The van der Waals surface area contributed by atoms with Gasteiger partial charge in [0.1, 0.15) is 11.6 Å². The lowest BCUT2D eigenvalue weighted by molar-refractivity contribution is 0.1000. The van der Waals surface area contributed by atoms with Crippen molar-refractivity contribution in [1.29, 1.82) is 0 Å². The number of methoxy groups -OCH3 is 1. The molecule has 1 aromatic heterocycles. The van der Waals surface area contributed by atoms with E-state index in [9.17, 15) is 9.90 Å². The Morgan fingerprint density at radius 2 is 2.06 bits per heavy atom. The van der Waals surface area contributed by atoms with Crippen molar-refractivity contribution >= 4 is 23.4 Å². The molecule has 3 aromatic rings. The van der Waals surface area contributed by atoms with E-state index in [1.54, 1.807) is 7.11 Å². The lowest BCUT2D eigenvalue weighted by Crippen LogP contribution is -2.26. The topological polar surface area (TPSA) is 126 Å². The van der Waals surface area contributed by atoms with Crippen molar-refractivity contribution in [2.75, 3.05) is 31.3 Å². The third-order valence-electron chi connectivity index (χ3n) is 6.52. The Morgan fingerprint density at radius 3 is 2.85 bits per heavy atom. The first kappa shape index (κ1) is 22.1. The van der Waals surface area contributed by atoms with Crippen molar-refractivity contribution in [1.82, 2.24) is 14.9 Å². The van der Waals surface area contributed by atoms with E-state index < -0.39 is 18.1 Å². The molecule has 0 saturated carbocycles. The number of aliphatic hydroxyl groups is 1. The van der Waals surface area contributed by atoms with E-state index >= 15 is 0 Å². The van der Waals surface area contributed by atoms with Gasteiger partial charge in [0, 0.05) is 25.7 Å². The van der Waals surface area contributed by atoms with Crippen molar-refractivity contribution in [2.24, 2.45) is 5.73 Å². The predicted molar refractivity (Wildman–Crippen MR) is 129 cm³/mol. The average Bonchev–Trinajstić information content (AvgIpc) is 3.13. The molecule has 2 atom stereocenters. The van der Waals surface area contributed by atoms with Crippen LogP contribution in [0.4, 0.5) is 17.5 Å². The van der Waals surface area contributed by atoms with Gasteiger partial charge in [-0.25, -0.2) is 4.98 Å². The second-order valence-corrected chi connectivity index (χ2v) is 8.85. The summed E-state index contributed by atoms with van der Waals surface area (Å²) in [5.74, 6) is 0.600.